The molecule has 0 radical (unpaired) electrons. The van der Waals surface area contributed by atoms with Crippen LogP contribution in [0.5, 0.6) is 0 Å². The van der Waals surface area contributed by atoms with E-state index in [2.05, 4.69) is 32.6 Å². The number of halogens is 1. The minimum atomic E-state index is -0.837. The SMILES string of the molecule is O=C(O)Cc1cc(I)cc2[nH]cnc12. The smallest absolute Gasteiger partial charge is 0.307 e. The molecule has 5 heteroatoms. The summed E-state index contributed by atoms with van der Waals surface area (Å²) in [5.74, 6) is -0.837. The van der Waals surface area contributed by atoms with Crippen LogP contribution in [0.15, 0.2) is 18.5 Å². The number of nitrogens with one attached hydrogen (secondary N) is 1. The minimum absolute atomic E-state index is 0.0121. The number of nitrogens with zero attached hydrogens (tertiary/aromatic N) is 1. The van der Waals surface area contributed by atoms with Gasteiger partial charge in [-0.2, -0.15) is 0 Å². The number of hydrogen-bond donors (Lipinski definition) is 2. The first-order chi connectivity index (χ1) is 6.66. The maximum Gasteiger partial charge on any atom is 0.307 e. The normalized spacial score (nSPS) is 10.6. The molecule has 2 rings (SSSR count). The van der Waals surface area contributed by atoms with Crippen LogP contribution in [0.1, 0.15) is 5.56 Å². The number of aliphatic carboxylic acids is 1. The number of fused-ring (bicyclic) bond motifs is 1. The van der Waals surface area contributed by atoms with Crippen LogP contribution >= 0.6 is 22.6 Å². The summed E-state index contributed by atoms with van der Waals surface area (Å²) < 4.78 is 1.01. The van der Waals surface area contributed by atoms with Gasteiger partial charge in [0.15, 0.2) is 0 Å². The lowest BCUT2D eigenvalue weighted by atomic mass is 10.1. The summed E-state index contributed by atoms with van der Waals surface area (Å²) in [5, 5.41) is 8.71. The van der Waals surface area contributed by atoms with E-state index in [9.17, 15) is 4.79 Å². The van der Waals surface area contributed by atoms with Gasteiger partial charge >= 0.3 is 5.97 Å². The van der Waals surface area contributed by atoms with Gasteiger partial charge in [0.2, 0.25) is 0 Å². The lowest BCUT2D eigenvalue weighted by molar-refractivity contribution is -0.136. The third-order valence-corrected chi connectivity index (χ3v) is 2.53. The van der Waals surface area contributed by atoms with Crippen molar-refractivity contribution in [1.29, 1.82) is 0 Å². The van der Waals surface area contributed by atoms with Crippen molar-refractivity contribution in [3.8, 4) is 0 Å². The van der Waals surface area contributed by atoms with Crippen LogP contribution in [0, 0.1) is 3.57 Å². The molecule has 0 bridgehead atoms. The number of aromatic amines is 1. The largest absolute Gasteiger partial charge is 0.481 e. The molecular weight excluding hydrogens is 295 g/mol. The van der Waals surface area contributed by atoms with Crippen molar-refractivity contribution >= 4 is 39.6 Å². The van der Waals surface area contributed by atoms with Gasteiger partial charge in [0.05, 0.1) is 23.8 Å². The Hall–Kier alpha value is -1.11. The molecule has 0 amide bonds. The van der Waals surface area contributed by atoms with Crippen LogP contribution in [0.2, 0.25) is 0 Å². The molecule has 0 aliphatic heterocycles. The zero-order valence-electron chi connectivity index (χ0n) is 7.12. The molecule has 2 N–H and O–H groups in total. The number of carboxylic acid groups (broad SMARTS) is 1. The van der Waals surface area contributed by atoms with E-state index in [0.29, 0.717) is 0 Å². The quantitative estimate of drug-likeness (QED) is 0.831. The van der Waals surface area contributed by atoms with Gasteiger partial charge in [0.25, 0.3) is 0 Å². The molecule has 0 spiro atoms. The molecule has 2 aromatic rings. The molecule has 0 fully saturated rings. The monoisotopic (exact) mass is 302 g/mol. The highest BCUT2D eigenvalue weighted by atomic mass is 127. The number of carbonyl (C=O) groups is 1. The van der Waals surface area contributed by atoms with E-state index in [-0.39, 0.29) is 6.42 Å². The van der Waals surface area contributed by atoms with Crippen molar-refractivity contribution in [2.75, 3.05) is 0 Å². The molecule has 4 nitrogen and oxygen atoms in total. The Morgan fingerprint density at radius 3 is 3.07 bits per heavy atom. The van der Waals surface area contributed by atoms with Crippen LogP contribution in [0.4, 0.5) is 0 Å². The lowest BCUT2D eigenvalue weighted by Gasteiger charge is -1.99. The second kappa shape index (κ2) is 3.56. The zero-order chi connectivity index (χ0) is 10.1. The average Bonchev–Trinajstić information content (AvgIpc) is 2.50. The van der Waals surface area contributed by atoms with Crippen molar-refractivity contribution in [3.63, 3.8) is 0 Å². The lowest BCUT2D eigenvalue weighted by Crippen LogP contribution is -2.01. The molecule has 0 saturated heterocycles. The van der Waals surface area contributed by atoms with Crippen molar-refractivity contribution < 1.29 is 9.90 Å². The Morgan fingerprint density at radius 1 is 1.57 bits per heavy atom. The first-order valence-electron chi connectivity index (χ1n) is 4.00. The molecular formula is C9H7IN2O2. The number of carboxylic acids is 1. The summed E-state index contributed by atoms with van der Waals surface area (Å²) in [6.45, 7) is 0. The molecule has 0 aliphatic carbocycles. The fraction of sp³-hybridized carbons (Fsp3) is 0.111. The van der Waals surface area contributed by atoms with E-state index in [0.717, 1.165) is 20.2 Å². The van der Waals surface area contributed by atoms with Crippen LogP contribution < -0.4 is 0 Å². The Balaban J connectivity index is 2.60. The summed E-state index contributed by atoms with van der Waals surface area (Å²) in [4.78, 5) is 17.7. The van der Waals surface area contributed by atoms with Gasteiger partial charge in [-0.15, -0.1) is 0 Å². The van der Waals surface area contributed by atoms with Gasteiger partial charge in [-0.25, -0.2) is 4.98 Å². The summed E-state index contributed by atoms with van der Waals surface area (Å²) in [5.41, 5.74) is 2.38. The summed E-state index contributed by atoms with van der Waals surface area (Å²) in [7, 11) is 0. The highest BCUT2D eigenvalue weighted by Crippen LogP contribution is 2.19. The summed E-state index contributed by atoms with van der Waals surface area (Å²) in [6, 6.07) is 3.78. The fourth-order valence-electron chi connectivity index (χ4n) is 1.38. The number of hydrogen-bond acceptors (Lipinski definition) is 2. The Morgan fingerprint density at radius 2 is 2.36 bits per heavy atom. The Labute approximate surface area is 93.5 Å². The predicted molar refractivity (Wildman–Crippen MR) is 60.2 cm³/mol. The topological polar surface area (TPSA) is 66.0 Å². The van der Waals surface area contributed by atoms with E-state index < -0.39 is 5.97 Å². The second-order valence-corrected chi connectivity index (χ2v) is 4.18. The molecule has 1 heterocycles. The van der Waals surface area contributed by atoms with Crippen LogP contribution in [0.25, 0.3) is 11.0 Å². The highest BCUT2D eigenvalue weighted by molar-refractivity contribution is 14.1. The summed E-state index contributed by atoms with van der Waals surface area (Å²) in [6.07, 6.45) is 1.59. The van der Waals surface area contributed by atoms with Crippen molar-refractivity contribution in [2.45, 2.75) is 6.42 Å². The zero-order valence-corrected chi connectivity index (χ0v) is 9.28. The molecule has 14 heavy (non-hydrogen) atoms. The minimum Gasteiger partial charge on any atom is -0.481 e. The van der Waals surface area contributed by atoms with Crippen molar-refractivity contribution in [3.05, 3.63) is 27.6 Å². The molecule has 1 aromatic heterocycles. The van der Waals surface area contributed by atoms with E-state index in [1.54, 1.807) is 6.33 Å². The molecule has 0 atom stereocenters. The standard InChI is InChI=1S/C9H7IN2O2/c10-6-1-5(2-8(13)14)9-7(3-6)11-4-12-9/h1,3-4H,2H2,(H,11,12)(H,13,14). The highest BCUT2D eigenvalue weighted by Gasteiger charge is 2.08. The number of imidazole rings is 1. The number of H-pyrrole nitrogens is 1. The molecule has 72 valence electrons. The number of aromatic nitrogens is 2. The average molecular weight is 302 g/mol. The van der Waals surface area contributed by atoms with Crippen LogP contribution in [-0.4, -0.2) is 21.0 Å². The van der Waals surface area contributed by atoms with Gasteiger partial charge in [0, 0.05) is 3.57 Å². The Bertz CT molecular complexity index is 493. The molecule has 0 saturated carbocycles. The number of rotatable bonds is 2. The third-order valence-electron chi connectivity index (χ3n) is 1.91. The van der Waals surface area contributed by atoms with E-state index in [1.807, 2.05) is 12.1 Å². The van der Waals surface area contributed by atoms with Gasteiger partial charge in [0.1, 0.15) is 0 Å². The van der Waals surface area contributed by atoms with Gasteiger partial charge in [-0.3, -0.25) is 4.79 Å². The predicted octanol–water partition coefficient (Wildman–Crippen LogP) is 1.79. The molecule has 0 unspecified atom stereocenters. The van der Waals surface area contributed by atoms with Crippen molar-refractivity contribution in [2.24, 2.45) is 0 Å². The maximum atomic E-state index is 10.6. The summed E-state index contributed by atoms with van der Waals surface area (Å²) >= 11 is 2.16. The van der Waals surface area contributed by atoms with E-state index >= 15 is 0 Å². The number of benzene rings is 1. The molecule has 0 aliphatic rings. The van der Waals surface area contributed by atoms with Crippen molar-refractivity contribution in [1.82, 2.24) is 9.97 Å². The first kappa shape index (κ1) is 9.45. The van der Waals surface area contributed by atoms with E-state index in [1.165, 1.54) is 0 Å². The first-order valence-corrected chi connectivity index (χ1v) is 5.08. The van der Waals surface area contributed by atoms with Crippen LogP contribution in [-0.2, 0) is 11.2 Å². The van der Waals surface area contributed by atoms with Gasteiger partial charge in [-0.1, -0.05) is 0 Å². The second-order valence-electron chi connectivity index (χ2n) is 2.93. The molecule has 1 aromatic carbocycles. The van der Waals surface area contributed by atoms with Gasteiger partial charge in [-0.05, 0) is 40.3 Å². The van der Waals surface area contributed by atoms with Crippen LogP contribution in [0.3, 0.4) is 0 Å². The van der Waals surface area contributed by atoms with Gasteiger partial charge < -0.3 is 10.1 Å². The fourth-order valence-corrected chi connectivity index (χ4v) is 2.07. The third kappa shape index (κ3) is 1.72. The van der Waals surface area contributed by atoms with E-state index in [4.69, 9.17) is 5.11 Å². The Kier molecular flexibility index (Phi) is 2.40. The maximum absolute atomic E-state index is 10.6.